The van der Waals surface area contributed by atoms with E-state index in [4.69, 9.17) is 27.4 Å². The third-order valence-corrected chi connectivity index (χ3v) is 37.2. The van der Waals surface area contributed by atoms with Crippen molar-refractivity contribution in [1.82, 2.24) is 0 Å². The molecule has 0 N–H and O–H groups in total. The molecule has 0 aromatic heterocycles. The Morgan fingerprint density at radius 3 is 1.85 bits per heavy atom. The van der Waals surface area contributed by atoms with Crippen LogP contribution in [0.4, 0.5) is 0 Å². The van der Waals surface area contributed by atoms with Crippen molar-refractivity contribution in [3.63, 3.8) is 0 Å². The first-order valence-corrected chi connectivity index (χ1v) is 26.1. The van der Waals surface area contributed by atoms with Gasteiger partial charge in [-0.15, -0.1) is 24.8 Å². The van der Waals surface area contributed by atoms with Crippen LogP contribution in [0.15, 0.2) is 123 Å². The molecule has 0 spiro atoms. The molecule has 3 aromatic carbocycles. The van der Waals surface area contributed by atoms with Crippen LogP contribution in [-0.4, -0.2) is 4.21 Å². The Hall–Kier alpha value is -1.73. The van der Waals surface area contributed by atoms with Gasteiger partial charge in [0.05, 0.1) is 0 Å². The maximum atomic E-state index is 6.76. The van der Waals surface area contributed by atoms with Gasteiger partial charge in [0.15, 0.2) is 0 Å². The van der Waals surface area contributed by atoms with Crippen LogP contribution >= 0.6 is 48.0 Å². The van der Waals surface area contributed by atoms with Gasteiger partial charge in [-0.05, 0) is 0 Å². The molecule has 0 radical (unpaired) electrons. The van der Waals surface area contributed by atoms with E-state index in [0.29, 0.717) is 5.92 Å². The Bertz CT molecular complexity index is 2140. The summed E-state index contributed by atoms with van der Waals surface area (Å²) in [4.78, 5) is 0. The molecule has 0 amide bonds. The first-order chi connectivity index (χ1) is 23.5. The average Bonchev–Trinajstić information content (AvgIpc) is 3.77. The van der Waals surface area contributed by atoms with Crippen LogP contribution in [0.1, 0.15) is 85.8 Å². The molecule has 0 nitrogen and oxygen atoms in total. The van der Waals surface area contributed by atoms with E-state index in [1.54, 1.807) is 16.7 Å². The summed E-state index contributed by atoms with van der Waals surface area (Å²) in [5.41, 5.74) is 8.74. The van der Waals surface area contributed by atoms with Crippen LogP contribution < -0.4 is 6.54 Å². The van der Waals surface area contributed by atoms with Crippen LogP contribution in [-0.2, 0) is 24.7 Å². The van der Waals surface area contributed by atoms with E-state index in [1.165, 1.54) is 26.5 Å². The zero-order chi connectivity index (χ0) is 35.7. The molecule has 0 saturated heterocycles. The molecule has 52 heavy (non-hydrogen) atoms. The van der Waals surface area contributed by atoms with E-state index in [-0.39, 0.29) is 49.6 Å². The summed E-state index contributed by atoms with van der Waals surface area (Å²) in [7, 11) is 0. The van der Waals surface area contributed by atoms with Gasteiger partial charge in [0.1, 0.15) is 0 Å². The first-order valence-electron chi connectivity index (χ1n) is 18.6. The van der Waals surface area contributed by atoms with Gasteiger partial charge < -0.3 is 0 Å². The number of fused-ring (bicyclic) bond motifs is 6. The third kappa shape index (κ3) is 4.36. The van der Waals surface area contributed by atoms with Crippen molar-refractivity contribution < 1.29 is 18.3 Å². The Kier molecular flexibility index (Phi) is 9.72. The Labute approximate surface area is 336 Å². The molecule has 1 fully saturated rings. The van der Waals surface area contributed by atoms with Crippen molar-refractivity contribution in [2.75, 3.05) is 0 Å². The van der Waals surface area contributed by atoms with Gasteiger partial charge in [-0.2, -0.15) is 0 Å². The fraction of sp³-hybridized carbons (Fsp3) is 0.383. The van der Waals surface area contributed by atoms with Crippen molar-refractivity contribution in [2.24, 2.45) is 27.6 Å². The molecule has 0 bridgehead atoms. The van der Waals surface area contributed by atoms with Gasteiger partial charge >= 0.3 is 314 Å². The monoisotopic (exact) mass is 848 g/mol. The van der Waals surface area contributed by atoms with Crippen LogP contribution in [0.25, 0.3) is 5.57 Å². The SMILES string of the molecule is Cl.Cl.[CH2]=[Zr]([C]1=CC=CC1)([c]1ccc(Cl)cc1)([c]1ccc(Cl)cc1)[C]1(C)C2=C3Cc4ccccc4C3=C3C=CCCC3C2(C)C(C)(C)C(C)(C)C1(C)C. The molecule has 5 aliphatic rings. The summed E-state index contributed by atoms with van der Waals surface area (Å²) in [6, 6.07) is 27.2. The van der Waals surface area contributed by atoms with E-state index in [1.807, 2.05) is 0 Å². The Balaban J connectivity index is 0.00000232. The van der Waals surface area contributed by atoms with Gasteiger partial charge in [-0.3, -0.25) is 0 Å². The van der Waals surface area contributed by atoms with Gasteiger partial charge in [0.2, 0.25) is 0 Å². The number of rotatable bonds is 4. The second-order valence-electron chi connectivity index (χ2n) is 18.0. The molecular formula is C47H54Cl4Zr. The molecule has 274 valence electrons. The molecule has 5 aliphatic carbocycles. The number of allylic oxidation sites excluding steroid dienone is 10. The van der Waals surface area contributed by atoms with Gasteiger partial charge in [-0.1, -0.05) is 0 Å². The average molecular weight is 852 g/mol. The van der Waals surface area contributed by atoms with Crippen LogP contribution in [0, 0.1) is 27.6 Å². The second-order valence-corrected chi connectivity index (χ2v) is 33.0. The van der Waals surface area contributed by atoms with E-state index >= 15 is 0 Å². The zero-order valence-corrected chi connectivity index (χ0v) is 37.6. The summed E-state index contributed by atoms with van der Waals surface area (Å²) in [6.07, 6.45) is 16.2. The number of hydrogen-bond donors (Lipinski definition) is 0. The Morgan fingerprint density at radius 2 is 1.29 bits per heavy atom. The molecule has 0 aliphatic heterocycles. The standard InChI is InChI=1S/C29H37.2C6H4Cl.C5H5.CH2.2ClH.Zr/c1-18-25-22-17-19-13-9-10-14-20(19)24(22)21-15-11-12-16-23(21)29(25,8)28(6,7)27(4,5)26(18,2)3;2*7-6-4-2-1-3-5-6;1-2-4-5-3-1;;;;/h9-11,13-15,23H,12,16-17H2,1-8H3;2*2-5H;1-3H,4H2;1H2;2*1H;. The minimum atomic E-state index is -5.24. The van der Waals surface area contributed by atoms with E-state index in [2.05, 4.69) is 159 Å². The molecule has 3 unspecified atom stereocenters. The van der Waals surface area contributed by atoms with Crippen molar-refractivity contribution >= 4 is 64.3 Å². The van der Waals surface area contributed by atoms with Crippen LogP contribution in [0.2, 0.25) is 13.2 Å². The summed E-state index contributed by atoms with van der Waals surface area (Å²) < 4.78 is 9.96. The number of benzene rings is 3. The van der Waals surface area contributed by atoms with Gasteiger partial charge in [0, 0.05) is 0 Å². The van der Waals surface area contributed by atoms with Crippen LogP contribution in [0.3, 0.4) is 0 Å². The number of hydrogen-bond acceptors (Lipinski definition) is 0. The fourth-order valence-corrected chi connectivity index (χ4v) is 33.6. The van der Waals surface area contributed by atoms with Gasteiger partial charge in [-0.25, -0.2) is 0 Å². The van der Waals surface area contributed by atoms with E-state index < -0.39 is 18.3 Å². The molecule has 0 heterocycles. The first kappa shape index (κ1) is 40.0. The molecule has 5 heteroatoms. The van der Waals surface area contributed by atoms with Crippen molar-refractivity contribution in [1.29, 1.82) is 0 Å². The Morgan fingerprint density at radius 1 is 0.712 bits per heavy atom. The van der Waals surface area contributed by atoms with E-state index in [9.17, 15) is 0 Å². The minimum absolute atomic E-state index is 0. The molecule has 3 atom stereocenters. The fourth-order valence-electron chi connectivity index (χ4n) is 12.8. The summed E-state index contributed by atoms with van der Waals surface area (Å²) in [6.45, 7) is 21.1. The quantitative estimate of drug-likeness (QED) is 0.245. The van der Waals surface area contributed by atoms with Crippen molar-refractivity contribution in [3.05, 3.63) is 144 Å². The normalized spacial score (nSPS) is 27.8. The van der Waals surface area contributed by atoms with Crippen LogP contribution in [0.5, 0.6) is 0 Å². The summed E-state index contributed by atoms with van der Waals surface area (Å²) >= 11 is 8.28. The molecular weight excluding hydrogens is 798 g/mol. The predicted octanol–water partition coefficient (Wildman–Crippen LogP) is 13.3. The topological polar surface area (TPSA) is 0 Å². The summed E-state index contributed by atoms with van der Waals surface area (Å²) in [5.74, 6) is 0.399. The van der Waals surface area contributed by atoms with Crippen molar-refractivity contribution in [3.8, 4) is 0 Å². The van der Waals surface area contributed by atoms with Gasteiger partial charge in [0.25, 0.3) is 0 Å². The molecule has 8 rings (SSSR count). The van der Waals surface area contributed by atoms with Crippen molar-refractivity contribution in [2.45, 2.75) is 84.2 Å². The third-order valence-electron chi connectivity index (χ3n) is 16.8. The second kappa shape index (κ2) is 12.6. The maximum absolute atomic E-state index is 6.76. The van der Waals surface area contributed by atoms with E-state index in [0.717, 1.165) is 35.7 Å². The number of halogens is 4. The molecule has 1 saturated carbocycles. The molecule has 3 aromatic rings. The zero-order valence-electron chi connectivity index (χ0n) is 32.0. The predicted molar refractivity (Wildman–Crippen MR) is 229 cm³/mol. The summed E-state index contributed by atoms with van der Waals surface area (Å²) in [5, 5.41) is 1.53.